The number of thiazole rings is 1. The highest BCUT2D eigenvalue weighted by molar-refractivity contribution is 7.09. The van der Waals surface area contributed by atoms with Crippen molar-refractivity contribution in [3.63, 3.8) is 0 Å². The van der Waals surface area contributed by atoms with Gasteiger partial charge in [-0.3, -0.25) is 4.79 Å². The molecule has 5 atom stereocenters. The van der Waals surface area contributed by atoms with Gasteiger partial charge in [-0.15, -0.1) is 11.3 Å². The van der Waals surface area contributed by atoms with Crippen molar-refractivity contribution in [2.45, 2.75) is 190 Å². The van der Waals surface area contributed by atoms with Gasteiger partial charge in [0.25, 0.3) is 0 Å². The molecule has 0 saturated heterocycles. The number of aromatic nitrogens is 1. The fourth-order valence-electron chi connectivity index (χ4n) is 5.94. The molecule has 0 aliphatic rings. The minimum atomic E-state index is -2.17. The van der Waals surface area contributed by atoms with E-state index in [4.69, 9.17) is 8.85 Å². The lowest BCUT2D eigenvalue weighted by Crippen LogP contribution is -2.51. The van der Waals surface area contributed by atoms with Crippen LogP contribution < -0.4 is 0 Å². The van der Waals surface area contributed by atoms with Crippen LogP contribution in [0.2, 0.25) is 36.3 Å². The Balaban J connectivity index is 3.28. The first-order chi connectivity index (χ1) is 22.7. The van der Waals surface area contributed by atoms with Gasteiger partial charge in [-0.25, -0.2) is 4.98 Å². The summed E-state index contributed by atoms with van der Waals surface area (Å²) in [7, 11) is -4.16. The van der Waals surface area contributed by atoms with Crippen LogP contribution in [-0.4, -0.2) is 45.9 Å². The van der Waals surface area contributed by atoms with E-state index in [1.165, 1.54) is 11.1 Å². The van der Waals surface area contributed by atoms with Gasteiger partial charge in [0.15, 0.2) is 16.6 Å². The summed E-state index contributed by atoms with van der Waals surface area (Å²) >= 11 is 1.68. The molecule has 0 radical (unpaired) electrons. The Morgan fingerprint density at radius 2 is 1.48 bits per heavy atom. The molecule has 0 aromatic carbocycles. The van der Waals surface area contributed by atoms with E-state index in [0.717, 1.165) is 55.5 Å². The van der Waals surface area contributed by atoms with E-state index in [2.05, 4.69) is 125 Å². The van der Waals surface area contributed by atoms with Gasteiger partial charge in [-0.2, -0.15) is 0 Å². The SMILES string of the molecule is CCC[C@@H](C(=O)C(C)(C)[C@@H](C)CC=O)[C@@H](O[Si](C)(C)C(C)(C)C)[C@@H](C)CCCC(C)=CC[C@H](O[Si](C)(C)C(C)(C)C)/C(C)=C/c1csc(C)n1. The number of nitrogens with zero attached hydrogens (tertiary/aromatic N) is 1. The summed E-state index contributed by atoms with van der Waals surface area (Å²) in [6.07, 6.45) is 11.4. The average Bonchev–Trinajstić information content (AvgIpc) is 3.39. The minimum Gasteiger partial charge on any atom is -0.413 e. The van der Waals surface area contributed by atoms with Crippen molar-refractivity contribution in [3.8, 4) is 0 Å². The highest BCUT2D eigenvalue weighted by atomic mass is 32.1. The zero-order valence-electron chi connectivity index (χ0n) is 35.6. The summed E-state index contributed by atoms with van der Waals surface area (Å²) in [6, 6.07) is 0. The van der Waals surface area contributed by atoms with Crippen LogP contribution in [0.4, 0.5) is 0 Å². The number of carbonyl (C=O) groups is 2. The molecule has 0 N–H and O–H groups in total. The summed E-state index contributed by atoms with van der Waals surface area (Å²) < 4.78 is 14.2. The molecule has 0 amide bonds. The van der Waals surface area contributed by atoms with Crippen LogP contribution in [0, 0.1) is 30.1 Å². The van der Waals surface area contributed by atoms with Gasteiger partial charge in [0.2, 0.25) is 0 Å². The van der Waals surface area contributed by atoms with E-state index in [0.29, 0.717) is 6.42 Å². The van der Waals surface area contributed by atoms with Crippen molar-refractivity contribution in [1.82, 2.24) is 4.98 Å². The molecule has 1 aromatic heterocycles. The Morgan fingerprint density at radius 1 is 0.920 bits per heavy atom. The lowest BCUT2D eigenvalue weighted by molar-refractivity contribution is -0.139. The molecule has 1 rings (SSSR count). The summed E-state index contributed by atoms with van der Waals surface area (Å²) in [4.78, 5) is 30.5. The monoisotopic (exact) mass is 748 g/mol. The number of ketones is 1. The van der Waals surface area contributed by atoms with E-state index in [1.807, 2.05) is 20.8 Å². The second kappa shape index (κ2) is 19.2. The maximum Gasteiger partial charge on any atom is 0.192 e. The van der Waals surface area contributed by atoms with E-state index in [9.17, 15) is 9.59 Å². The topological polar surface area (TPSA) is 65.5 Å². The Bertz CT molecular complexity index is 1280. The smallest absolute Gasteiger partial charge is 0.192 e. The van der Waals surface area contributed by atoms with Gasteiger partial charge in [-0.1, -0.05) is 94.2 Å². The van der Waals surface area contributed by atoms with Crippen LogP contribution in [0.3, 0.4) is 0 Å². The van der Waals surface area contributed by atoms with Gasteiger partial charge in [0.05, 0.1) is 22.9 Å². The van der Waals surface area contributed by atoms with Crippen LogP contribution in [0.5, 0.6) is 0 Å². The highest BCUT2D eigenvalue weighted by Crippen LogP contribution is 2.43. The van der Waals surface area contributed by atoms with Crippen molar-refractivity contribution in [2.75, 3.05) is 0 Å². The summed E-state index contributed by atoms with van der Waals surface area (Å²) in [5.74, 6) is 0.284. The third-order valence-corrected chi connectivity index (χ3v) is 21.9. The molecule has 5 nitrogen and oxygen atoms in total. The van der Waals surface area contributed by atoms with Crippen LogP contribution in [0.1, 0.15) is 146 Å². The van der Waals surface area contributed by atoms with E-state index in [-0.39, 0.29) is 45.8 Å². The van der Waals surface area contributed by atoms with Gasteiger partial charge in [0.1, 0.15) is 12.1 Å². The third kappa shape index (κ3) is 13.7. The van der Waals surface area contributed by atoms with Gasteiger partial charge < -0.3 is 13.6 Å². The van der Waals surface area contributed by atoms with Gasteiger partial charge in [-0.05, 0) is 113 Å². The second-order valence-corrected chi connectivity index (χ2v) is 29.4. The molecule has 1 heterocycles. The standard InChI is InChI=1S/C42H77NO4SSi2/c1-19-21-36(39(45)42(13,14)33(5)26-27-44)38(47-50(17,18)41(10,11)12)31(3)23-20-22-30(2)24-25-37(46-49(15,16)40(7,8)9)32(4)28-35-29-48-34(6)43-35/h24,27-29,31,33,36-38H,19-23,25-26H2,1-18H3/b30-24?,32-28+/t31-,33-,36+,37-,38-/m0/s1. The van der Waals surface area contributed by atoms with E-state index in [1.54, 1.807) is 11.3 Å². The molecule has 0 fully saturated rings. The number of allylic oxidation sites excluding steroid dienone is 1. The zero-order valence-corrected chi connectivity index (χ0v) is 38.5. The number of Topliss-reactive ketones (excluding diaryl/α,β-unsaturated/α-hetero) is 1. The molecule has 288 valence electrons. The van der Waals surface area contributed by atoms with Crippen LogP contribution in [-0.2, 0) is 18.4 Å². The zero-order chi connectivity index (χ0) is 38.9. The predicted molar refractivity (Wildman–Crippen MR) is 223 cm³/mol. The number of rotatable bonds is 21. The predicted octanol–water partition coefficient (Wildman–Crippen LogP) is 13.0. The Morgan fingerprint density at radius 3 is 1.96 bits per heavy atom. The number of hydrogen-bond donors (Lipinski definition) is 0. The molecule has 0 bridgehead atoms. The molecule has 0 saturated carbocycles. The number of hydrogen-bond acceptors (Lipinski definition) is 6. The molecule has 1 aromatic rings. The molecule has 0 aliphatic heterocycles. The summed E-state index contributed by atoms with van der Waals surface area (Å²) in [5.41, 5.74) is 3.02. The Labute approximate surface area is 315 Å². The summed E-state index contributed by atoms with van der Waals surface area (Å²) in [5, 5.41) is 3.37. The van der Waals surface area contributed by atoms with Crippen molar-refractivity contribution < 1.29 is 18.4 Å². The highest BCUT2D eigenvalue weighted by Gasteiger charge is 2.47. The molecule has 0 aliphatic carbocycles. The van der Waals surface area contributed by atoms with E-state index < -0.39 is 22.0 Å². The molecule has 0 spiro atoms. The minimum absolute atomic E-state index is 0.0138. The van der Waals surface area contributed by atoms with Crippen molar-refractivity contribution >= 4 is 46.1 Å². The molecular formula is C42H77NO4SSi2. The van der Waals surface area contributed by atoms with Crippen LogP contribution in [0.15, 0.2) is 22.6 Å². The van der Waals surface area contributed by atoms with Crippen molar-refractivity contribution in [2.24, 2.45) is 23.2 Å². The summed E-state index contributed by atoms with van der Waals surface area (Å²) in [6.45, 7) is 40.1. The normalized spacial score (nSPS) is 17.3. The van der Waals surface area contributed by atoms with Gasteiger partial charge >= 0.3 is 0 Å². The fourth-order valence-corrected chi connectivity index (χ4v) is 9.28. The van der Waals surface area contributed by atoms with Crippen molar-refractivity contribution in [3.05, 3.63) is 33.3 Å². The maximum absolute atomic E-state index is 14.4. The van der Waals surface area contributed by atoms with Gasteiger partial charge in [0, 0.05) is 23.1 Å². The first kappa shape index (κ1) is 46.8. The Hall–Kier alpha value is -1.20. The molecular weight excluding hydrogens is 671 g/mol. The second-order valence-electron chi connectivity index (χ2n) is 18.8. The van der Waals surface area contributed by atoms with E-state index >= 15 is 0 Å². The lowest BCUT2D eigenvalue weighted by Gasteiger charge is -2.45. The fraction of sp³-hybridized carbons (Fsp3) is 0.786. The van der Waals surface area contributed by atoms with Crippen LogP contribution in [0.25, 0.3) is 6.08 Å². The number of aryl methyl sites for hydroxylation is 1. The lowest BCUT2D eigenvalue weighted by atomic mass is 9.68. The first-order valence-corrected chi connectivity index (χ1v) is 26.0. The quantitative estimate of drug-likeness (QED) is 0.0712. The van der Waals surface area contributed by atoms with Crippen molar-refractivity contribution in [1.29, 1.82) is 0 Å². The molecule has 0 unspecified atom stereocenters. The maximum atomic E-state index is 14.4. The first-order valence-electron chi connectivity index (χ1n) is 19.3. The molecule has 8 heteroatoms. The number of carbonyl (C=O) groups excluding carboxylic acids is 2. The average molecular weight is 748 g/mol. The number of aldehydes is 1. The Kier molecular flexibility index (Phi) is 18.0. The van der Waals surface area contributed by atoms with Crippen LogP contribution >= 0.6 is 11.3 Å². The third-order valence-electron chi connectivity index (χ3n) is 12.1. The molecule has 50 heavy (non-hydrogen) atoms. The largest absolute Gasteiger partial charge is 0.413 e.